The highest BCUT2D eigenvalue weighted by Gasteiger charge is 2.34. The molecule has 3 heterocycles. The summed E-state index contributed by atoms with van der Waals surface area (Å²) in [5, 5.41) is 17.6. The number of fused-ring (bicyclic) bond motifs is 3. The van der Waals surface area contributed by atoms with Crippen molar-refractivity contribution in [1.29, 1.82) is 0 Å². The molecule has 1 atom stereocenters. The molecule has 1 unspecified atom stereocenters. The molecule has 0 fully saturated rings. The van der Waals surface area contributed by atoms with Gasteiger partial charge >= 0.3 is 5.97 Å². The third kappa shape index (κ3) is 4.11. The van der Waals surface area contributed by atoms with Crippen LogP contribution in [0.3, 0.4) is 0 Å². The number of aromatic nitrogens is 4. The van der Waals surface area contributed by atoms with Crippen LogP contribution in [0.5, 0.6) is 5.75 Å². The first-order valence-corrected chi connectivity index (χ1v) is 11.2. The van der Waals surface area contributed by atoms with E-state index in [4.69, 9.17) is 9.47 Å². The van der Waals surface area contributed by atoms with Crippen LogP contribution in [-0.4, -0.2) is 51.2 Å². The number of hydrogen-bond donors (Lipinski definition) is 1. The number of rotatable bonds is 6. The van der Waals surface area contributed by atoms with Crippen LogP contribution in [-0.2, 0) is 17.7 Å². The molecule has 4 rings (SSSR count). The summed E-state index contributed by atoms with van der Waals surface area (Å²) < 4.78 is 14.5. The number of hydrogen-bond acceptors (Lipinski definition) is 7. The van der Waals surface area contributed by atoms with Crippen molar-refractivity contribution in [2.24, 2.45) is 5.41 Å². The molecule has 3 aromatic rings. The molecule has 0 bridgehead atoms. The first-order valence-electron chi connectivity index (χ1n) is 11.2. The van der Waals surface area contributed by atoms with E-state index in [1.165, 1.54) is 13.2 Å². The molecule has 0 aliphatic carbocycles. The maximum Gasteiger partial charge on any atom is 0.343 e. The minimum Gasteiger partial charge on any atom is -0.496 e. The number of benzene rings is 1. The van der Waals surface area contributed by atoms with Crippen molar-refractivity contribution >= 4 is 5.97 Å². The van der Waals surface area contributed by atoms with Gasteiger partial charge in [-0.05, 0) is 36.0 Å². The van der Waals surface area contributed by atoms with Gasteiger partial charge in [0.05, 0.1) is 25.5 Å². The van der Waals surface area contributed by atoms with Crippen molar-refractivity contribution in [2.75, 3.05) is 20.8 Å². The molecular formula is C25H30N4O5. The predicted octanol–water partition coefficient (Wildman–Crippen LogP) is 3.09. The highest BCUT2D eigenvalue weighted by Crippen LogP contribution is 2.45. The molecule has 0 radical (unpaired) electrons. The van der Waals surface area contributed by atoms with Crippen molar-refractivity contribution in [3.05, 3.63) is 52.1 Å². The van der Waals surface area contributed by atoms with Gasteiger partial charge in [0, 0.05) is 37.0 Å². The van der Waals surface area contributed by atoms with Crippen LogP contribution in [0.15, 0.2) is 35.5 Å². The molecule has 1 aliphatic heterocycles. The Morgan fingerprint density at radius 1 is 1.21 bits per heavy atom. The third-order valence-corrected chi connectivity index (χ3v) is 6.35. The molecule has 2 aromatic heterocycles. The Morgan fingerprint density at radius 3 is 2.62 bits per heavy atom. The zero-order valence-electron chi connectivity index (χ0n) is 20.2. The summed E-state index contributed by atoms with van der Waals surface area (Å²) in [6.45, 7) is 7.07. The molecule has 1 aliphatic rings. The summed E-state index contributed by atoms with van der Waals surface area (Å²) in [6, 6.07) is 5.46. The number of methoxy groups -OCH3 is 2. The predicted molar refractivity (Wildman–Crippen MR) is 127 cm³/mol. The molecule has 9 nitrogen and oxygen atoms in total. The van der Waals surface area contributed by atoms with Crippen LogP contribution < -0.4 is 10.2 Å². The highest BCUT2D eigenvalue weighted by atomic mass is 16.5. The van der Waals surface area contributed by atoms with Crippen molar-refractivity contribution < 1.29 is 19.4 Å². The molecule has 34 heavy (non-hydrogen) atoms. The largest absolute Gasteiger partial charge is 0.496 e. The molecule has 180 valence electrons. The van der Waals surface area contributed by atoms with Gasteiger partial charge in [-0.2, -0.15) is 0 Å². The van der Waals surface area contributed by atoms with Crippen LogP contribution in [0.1, 0.15) is 49.2 Å². The van der Waals surface area contributed by atoms with Crippen molar-refractivity contribution in [1.82, 2.24) is 19.3 Å². The summed E-state index contributed by atoms with van der Waals surface area (Å²) in [5.41, 5.74) is 2.93. The number of aliphatic hydroxyl groups excluding tert-OH is 1. The Labute approximate surface area is 198 Å². The summed E-state index contributed by atoms with van der Waals surface area (Å²) in [4.78, 5) is 25.0. The van der Waals surface area contributed by atoms with Gasteiger partial charge in [0.15, 0.2) is 11.3 Å². The fraction of sp³-hybridized carbons (Fsp3) is 0.440. The molecule has 0 spiro atoms. The lowest BCUT2D eigenvalue weighted by atomic mass is 9.78. The number of ether oxygens (including phenoxy) is 2. The molecule has 1 N–H and O–H groups in total. The van der Waals surface area contributed by atoms with Crippen LogP contribution in [0.25, 0.3) is 22.6 Å². The lowest BCUT2D eigenvalue weighted by Crippen LogP contribution is -2.33. The van der Waals surface area contributed by atoms with E-state index >= 15 is 0 Å². The topological polar surface area (TPSA) is 108 Å². The maximum absolute atomic E-state index is 12.8. The molecule has 0 saturated heterocycles. The van der Waals surface area contributed by atoms with E-state index in [0.717, 1.165) is 22.4 Å². The Balaban J connectivity index is 1.94. The second-order valence-corrected chi connectivity index (χ2v) is 9.56. The minimum absolute atomic E-state index is 0.00694. The Hall–Kier alpha value is -3.46. The average molecular weight is 467 g/mol. The van der Waals surface area contributed by atoms with Crippen molar-refractivity contribution in [3.63, 3.8) is 0 Å². The van der Waals surface area contributed by atoms with Gasteiger partial charge in [0.25, 0.3) is 0 Å². The smallest absolute Gasteiger partial charge is 0.343 e. The fourth-order valence-electron chi connectivity index (χ4n) is 4.56. The Kier molecular flexibility index (Phi) is 6.31. The summed E-state index contributed by atoms with van der Waals surface area (Å²) in [7, 11) is 2.86. The summed E-state index contributed by atoms with van der Waals surface area (Å²) >= 11 is 0. The van der Waals surface area contributed by atoms with Gasteiger partial charge in [-0.25, -0.2) is 4.79 Å². The molecule has 1 aromatic carbocycles. The standard InChI is InChI=1S/C25H30N4O5/c1-25(2,3)22-10-15-9-17(23-27-26-14-28(23)7-6-8-30)21(33-4)11-16(15)19-12-20(31)18(13-29(19)22)24(32)34-5/h9,11-14,22,30H,6-8,10H2,1-5H3. The summed E-state index contributed by atoms with van der Waals surface area (Å²) in [5.74, 6) is 0.612. The first kappa shape index (κ1) is 23.7. The van der Waals surface area contributed by atoms with Crippen LogP contribution >= 0.6 is 0 Å². The maximum atomic E-state index is 12.8. The molecule has 0 amide bonds. The first-order chi connectivity index (χ1) is 16.2. The lowest BCUT2D eigenvalue weighted by Gasteiger charge is -2.39. The van der Waals surface area contributed by atoms with Crippen LogP contribution in [0.2, 0.25) is 0 Å². The van der Waals surface area contributed by atoms with Gasteiger partial charge in [0.2, 0.25) is 0 Å². The van der Waals surface area contributed by atoms with E-state index in [1.807, 2.05) is 15.2 Å². The number of pyridine rings is 1. The van der Waals surface area contributed by atoms with Crippen LogP contribution in [0, 0.1) is 5.41 Å². The third-order valence-electron chi connectivity index (χ3n) is 6.35. The van der Waals surface area contributed by atoms with E-state index in [9.17, 15) is 14.7 Å². The van der Waals surface area contributed by atoms with Gasteiger partial charge in [-0.3, -0.25) is 4.79 Å². The number of carbonyl (C=O) groups excluding carboxylic acids is 1. The number of aliphatic hydroxyl groups is 1. The number of aryl methyl sites for hydroxylation is 1. The second kappa shape index (κ2) is 9.06. The van der Waals surface area contributed by atoms with E-state index < -0.39 is 5.97 Å². The van der Waals surface area contributed by atoms with Gasteiger partial charge < -0.3 is 23.7 Å². The zero-order valence-corrected chi connectivity index (χ0v) is 20.2. The Bertz CT molecular complexity index is 1290. The van der Waals surface area contributed by atoms with Gasteiger partial charge in [-0.1, -0.05) is 20.8 Å². The van der Waals surface area contributed by atoms with E-state index in [0.29, 0.717) is 31.0 Å². The van der Waals surface area contributed by atoms with Crippen molar-refractivity contribution in [2.45, 2.75) is 46.2 Å². The van der Waals surface area contributed by atoms with E-state index in [-0.39, 0.29) is 29.1 Å². The van der Waals surface area contributed by atoms with Crippen LogP contribution in [0.4, 0.5) is 0 Å². The Morgan fingerprint density at radius 2 is 1.97 bits per heavy atom. The van der Waals surface area contributed by atoms with E-state index in [1.54, 1.807) is 19.6 Å². The van der Waals surface area contributed by atoms with Crippen molar-refractivity contribution in [3.8, 4) is 28.4 Å². The number of carbonyl (C=O) groups is 1. The molecule has 0 saturated carbocycles. The minimum atomic E-state index is -0.645. The SMILES string of the molecule is COC(=O)c1cn2c(cc1=O)-c1cc(OC)c(-c3nncn3CCCO)cc1CC2C(C)(C)C. The highest BCUT2D eigenvalue weighted by molar-refractivity contribution is 5.89. The monoisotopic (exact) mass is 466 g/mol. The number of esters is 1. The number of nitrogens with zero attached hydrogens (tertiary/aromatic N) is 4. The van der Waals surface area contributed by atoms with Gasteiger partial charge in [0.1, 0.15) is 17.6 Å². The van der Waals surface area contributed by atoms with E-state index in [2.05, 4.69) is 37.0 Å². The normalized spacial score (nSPS) is 14.9. The second-order valence-electron chi connectivity index (χ2n) is 9.56. The zero-order chi connectivity index (χ0) is 24.6. The quantitative estimate of drug-likeness (QED) is 0.556. The fourth-order valence-corrected chi connectivity index (χ4v) is 4.56. The molecular weight excluding hydrogens is 436 g/mol. The average Bonchev–Trinajstić information content (AvgIpc) is 3.28. The van der Waals surface area contributed by atoms with Gasteiger partial charge in [-0.15, -0.1) is 10.2 Å². The molecule has 9 heteroatoms. The lowest BCUT2D eigenvalue weighted by molar-refractivity contribution is 0.0597. The summed E-state index contributed by atoms with van der Waals surface area (Å²) in [6.07, 6.45) is 4.54.